The molecule has 0 aromatic heterocycles. The molecule has 0 N–H and O–H groups in total. The summed E-state index contributed by atoms with van der Waals surface area (Å²) in [5.41, 5.74) is 2.00. The molecule has 144 valence electrons. The topological polar surface area (TPSA) is 29.5 Å². The van der Waals surface area contributed by atoms with Crippen LogP contribution in [0.2, 0.25) is 10.0 Å². The van der Waals surface area contributed by atoms with Crippen molar-refractivity contribution in [3.05, 3.63) is 69.7 Å². The summed E-state index contributed by atoms with van der Waals surface area (Å²) in [6.45, 7) is 4.37. The van der Waals surface area contributed by atoms with Crippen molar-refractivity contribution in [3.63, 3.8) is 0 Å². The maximum absolute atomic E-state index is 12.9. The van der Waals surface area contributed by atoms with Crippen molar-refractivity contribution in [3.8, 4) is 0 Å². The highest BCUT2D eigenvalue weighted by atomic mass is 35.5. The molecule has 1 aliphatic rings. The Morgan fingerprint density at radius 3 is 2.44 bits per heavy atom. The van der Waals surface area contributed by atoms with Crippen LogP contribution < -0.4 is 0 Å². The lowest BCUT2D eigenvalue weighted by Crippen LogP contribution is -2.50. The first-order valence-electron chi connectivity index (χ1n) is 9.48. The van der Waals surface area contributed by atoms with Gasteiger partial charge in [0, 0.05) is 16.1 Å². The van der Waals surface area contributed by atoms with Gasteiger partial charge in [0.05, 0.1) is 6.04 Å². The van der Waals surface area contributed by atoms with Gasteiger partial charge in [-0.1, -0.05) is 67.7 Å². The highest BCUT2D eigenvalue weighted by Crippen LogP contribution is 2.42. The molecule has 2 aromatic carbocycles. The van der Waals surface area contributed by atoms with Crippen molar-refractivity contribution in [2.45, 2.75) is 51.3 Å². The zero-order valence-corrected chi connectivity index (χ0v) is 17.2. The van der Waals surface area contributed by atoms with E-state index in [4.69, 9.17) is 27.9 Å². The molecule has 5 heteroatoms. The lowest BCUT2D eigenvalue weighted by Gasteiger charge is -2.45. The highest BCUT2D eigenvalue weighted by molar-refractivity contribution is 6.30. The van der Waals surface area contributed by atoms with Crippen LogP contribution in [0.15, 0.2) is 48.5 Å². The molecule has 0 bridgehead atoms. The predicted molar refractivity (Wildman–Crippen MR) is 110 cm³/mol. The van der Waals surface area contributed by atoms with Crippen molar-refractivity contribution in [2.24, 2.45) is 0 Å². The number of amides is 1. The van der Waals surface area contributed by atoms with Gasteiger partial charge in [0.2, 0.25) is 5.91 Å². The van der Waals surface area contributed by atoms with E-state index in [1.54, 1.807) is 0 Å². The zero-order valence-electron chi connectivity index (χ0n) is 15.7. The van der Waals surface area contributed by atoms with Crippen molar-refractivity contribution in [1.82, 2.24) is 4.90 Å². The van der Waals surface area contributed by atoms with Gasteiger partial charge in [-0.25, -0.2) is 0 Å². The first-order valence-corrected chi connectivity index (χ1v) is 10.2. The summed E-state index contributed by atoms with van der Waals surface area (Å²) in [6, 6.07) is 15.4. The summed E-state index contributed by atoms with van der Waals surface area (Å²) in [7, 11) is 0. The number of halogens is 2. The van der Waals surface area contributed by atoms with Crippen LogP contribution in [0.3, 0.4) is 0 Å². The summed E-state index contributed by atoms with van der Waals surface area (Å²) in [4.78, 5) is 14.9. The largest absolute Gasteiger partial charge is 0.361 e. The minimum Gasteiger partial charge on any atom is -0.361 e. The normalized spacial score (nSPS) is 21.3. The van der Waals surface area contributed by atoms with Gasteiger partial charge in [-0.3, -0.25) is 4.79 Å². The SMILES string of the molecule is CCC[C@@H](CC)N1C(=O)CO[C@H](c2cccc(Cl)c2)[C@@H]1c1ccc(Cl)cc1. The third-order valence-electron chi connectivity index (χ3n) is 5.14. The lowest BCUT2D eigenvalue weighted by molar-refractivity contribution is -0.163. The molecule has 1 fully saturated rings. The standard InChI is InChI=1S/C22H25Cl2NO2/c1-3-6-19(4-2)25-20(26)14-27-22(16-7-5-8-18(24)13-16)21(25)15-9-11-17(23)12-10-15/h5,7-13,19,21-22H,3-4,6,14H2,1-2H3/t19-,21+,22-/m1/s1. The van der Waals surface area contributed by atoms with E-state index in [2.05, 4.69) is 13.8 Å². The zero-order chi connectivity index (χ0) is 19.4. The van der Waals surface area contributed by atoms with Crippen LogP contribution in [0.25, 0.3) is 0 Å². The number of morpholine rings is 1. The van der Waals surface area contributed by atoms with Crippen LogP contribution in [0.5, 0.6) is 0 Å². The Labute approximate surface area is 171 Å². The second kappa shape index (κ2) is 9.09. The van der Waals surface area contributed by atoms with E-state index in [0.29, 0.717) is 10.0 Å². The summed E-state index contributed by atoms with van der Waals surface area (Å²) in [5, 5.41) is 1.34. The molecule has 0 unspecified atom stereocenters. The van der Waals surface area contributed by atoms with E-state index in [9.17, 15) is 4.79 Å². The van der Waals surface area contributed by atoms with E-state index in [-0.39, 0.29) is 30.7 Å². The lowest BCUT2D eigenvalue weighted by atomic mass is 9.90. The fraction of sp³-hybridized carbons (Fsp3) is 0.409. The molecule has 3 nitrogen and oxygen atoms in total. The Hall–Kier alpha value is -1.55. The molecule has 0 saturated carbocycles. The number of hydrogen-bond donors (Lipinski definition) is 0. The molecule has 0 aliphatic carbocycles. The summed E-state index contributed by atoms with van der Waals surface area (Å²) < 4.78 is 6.05. The van der Waals surface area contributed by atoms with Gasteiger partial charge in [-0.05, 0) is 48.2 Å². The van der Waals surface area contributed by atoms with Gasteiger partial charge in [-0.15, -0.1) is 0 Å². The monoisotopic (exact) mass is 405 g/mol. The van der Waals surface area contributed by atoms with E-state index >= 15 is 0 Å². The van der Waals surface area contributed by atoms with Crippen molar-refractivity contribution < 1.29 is 9.53 Å². The number of carbonyl (C=O) groups excluding carboxylic acids is 1. The molecule has 3 atom stereocenters. The van der Waals surface area contributed by atoms with E-state index in [1.807, 2.05) is 53.4 Å². The Morgan fingerprint density at radius 2 is 1.81 bits per heavy atom. The smallest absolute Gasteiger partial charge is 0.249 e. The summed E-state index contributed by atoms with van der Waals surface area (Å²) in [5.74, 6) is 0.0357. The van der Waals surface area contributed by atoms with Gasteiger partial charge in [0.25, 0.3) is 0 Å². The minimum atomic E-state index is -0.270. The van der Waals surface area contributed by atoms with Crippen LogP contribution in [0.1, 0.15) is 56.4 Å². The number of hydrogen-bond acceptors (Lipinski definition) is 2. The molecular formula is C22H25Cl2NO2. The maximum atomic E-state index is 12.9. The molecule has 3 rings (SSSR count). The molecule has 1 heterocycles. The second-order valence-corrected chi connectivity index (χ2v) is 7.81. The van der Waals surface area contributed by atoms with E-state index in [0.717, 1.165) is 30.4 Å². The summed E-state index contributed by atoms with van der Waals surface area (Å²) >= 11 is 12.3. The summed E-state index contributed by atoms with van der Waals surface area (Å²) in [6.07, 6.45) is 2.63. The third kappa shape index (κ3) is 4.48. The van der Waals surface area contributed by atoms with Gasteiger partial charge in [-0.2, -0.15) is 0 Å². The van der Waals surface area contributed by atoms with E-state index < -0.39 is 0 Å². The Kier molecular flexibility index (Phi) is 6.80. The van der Waals surface area contributed by atoms with Crippen LogP contribution >= 0.6 is 23.2 Å². The Morgan fingerprint density at radius 1 is 1.07 bits per heavy atom. The predicted octanol–water partition coefficient (Wildman–Crippen LogP) is 6.21. The van der Waals surface area contributed by atoms with Crippen LogP contribution in [0, 0.1) is 0 Å². The number of carbonyl (C=O) groups is 1. The maximum Gasteiger partial charge on any atom is 0.249 e. The second-order valence-electron chi connectivity index (χ2n) is 6.93. The van der Waals surface area contributed by atoms with Gasteiger partial charge < -0.3 is 9.64 Å². The Balaban J connectivity index is 2.08. The number of benzene rings is 2. The molecule has 1 saturated heterocycles. The van der Waals surface area contributed by atoms with Gasteiger partial charge >= 0.3 is 0 Å². The van der Waals surface area contributed by atoms with Crippen LogP contribution in [0.4, 0.5) is 0 Å². The molecule has 1 amide bonds. The molecule has 0 radical (unpaired) electrons. The molecule has 1 aliphatic heterocycles. The quantitative estimate of drug-likeness (QED) is 0.571. The average Bonchev–Trinajstić information content (AvgIpc) is 2.67. The molecule has 0 spiro atoms. The van der Waals surface area contributed by atoms with Gasteiger partial charge in [0.15, 0.2) is 0 Å². The third-order valence-corrected chi connectivity index (χ3v) is 5.62. The number of nitrogens with zero attached hydrogens (tertiary/aromatic N) is 1. The number of rotatable bonds is 6. The molecular weight excluding hydrogens is 381 g/mol. The molecule has 2 aromatic rings. The average molecular weight is 406 g/mol. The number of ether oxygens (including phenoxy) is 1. The van der Waals surface area contributed by atoms with Crippen molar-refractivity contribution in [1.29, 1.82) is 0 Å². The van der Waals surface area contributed by atoms with Crippen LogP contribution in [-0.2, 0) is 9.53 Å². The van der Waals surface area contributed by atoms with Crippen molar-refractivity contribution in [2.75, 3.05) is 6.61 Å². The first kappa shape index (κ1) is 20.2. The highest BCUT2D eigenvalue weighted by Gasteiger charge is 2.41. The minimum absolute atomic E-state index is 0.0357. The van der Waals surface area contributed by atoms with Gasteiger partial charge in [0.1, 0.15) is 12.7 Å². The fourth-order valence-corrected chi connectivity index (χ4v) is 4.21. The van der Waals surface area contributed by atoms with Crippen LogP contribution in [-0.4, -0.2) is 23.5 Å². The van der Waals surface area contributed by atoms with Crippen molar-refractivity contribution >= 4 is 29.1 Å². The van der Waals surface area contributed by atoms with E-state index in [1.165, 1.54) is 0 Å². The Bertz CT molecular complexity index is 778. The first-order chi connectivity index (χ1) is 13.0. The molecule has 27 heavy (non-hydrogen) atoms. The fourth-order valence-electron chi connectivity index (χ4n) is 3.89.